The van der Waals surface area contributed by atoms with Crippen LogP contribution in [-0.2, 0) is 18.3 Å². The molecule has 0 spiro atoms. The van der Waals surface area contributed by atoms with Gasteiger partial charge in [0, 0.05) is 38.1 Å². The van der Waals surface area contributed by atoms with Crippen molar-refractivity contribution in [2.24, 2.45) is 7.05 Å². The number of ether oxygens (including phenoxy) is 2. The van der Waals surface area contributed by atoms with E-state index in [0.717, 1.165) is 17.5 Å². The van der Waals surface area contributed by atoms with E-state index in [2.05, 4.69) is 15.2 Å². The summed E-state index contributed by atoms with van der Waals surface area (Å²) < 4.78 is 14.9. The number of nitrogens with zero attached hydrogens (tertiary/aromatic N) is 6. The van der Waals surface area contributed by atoms with Crippen molar-refractivity contribution in [2.45, 2.75) is 19.6 Å². The third-order valence-corrected chi connectivity index (χ3v) is 4.85. The largest absolute Gasteiger partial charge is 0.495 e. The van der Waals surface area contributed by atoms with E-state index in [0.29, 0.717) is 36.7 Å². The van der Waals surface area contributed by atoms with Crippen molar-refractivity contribution in [3.63, 3.8) is 0 Å². The van der Waals surface area contributed by atoms with Crippen LogP contribution in [-0.4, -0.2) is 62.2 Å². The third-order valence-electron chi connectivity index (χ3n) is 4.85. The molecule has 0 aliphatic carbocycles. The van der Waals surface area contributed by atoms with Gasteiger partial charge in [-0.1, -0.05) is 0 Å². The molecule has 1 amide bonds. The number of morpholine rings is 1. The lowest BCUT2D eigenvalue weighted by molar-refractivity contribution is -0.0229. The average Bonchev–Trinajstić information content (AvgIpc) is 3.34. The average molecular weight is 370 g/mol. The first-order valence-corrected chi connectivity index (χ1v) is 8.90. The summed E-state index contributed by atoms with van der Waals surface area (Å²) in [6.07, 6.45) is 6.79. The number of hydrogen-bond donors (Lipinski definition) is 0. The van der Waals surface area contributed by atoms with Crippen LogP contribution in [0, 0.1) is 0 Å². The van der Waals surface area contributed by atoms with Crippen molar-refractivity contribution >= 4 is 16.9 Å². The molecule has 3 aromatic heterocycles. The number of hydrogen-bond acceptors (Lipinski definition) is 6. The molecule has 142 valence electrons. The summed E-state index contributed by atoms with van der Waals surface area (Å²) in [5.74, 6) is 0.376. The maximum atomic E-state index is 13.2. The molecule has 0 bridgehead atoms. The number of fused-ring (bicyclic) bond motifs is 1. The Labute approximate surface area is 156 Å². The fourth-order valence-corrected chi connectivity index (χ4v) is 3.37. The second-order valence-electron chi connectivity index (χ2n) is 6.45. The van der Waals surface area contributed by atoms with Crippen molar-refractivity contribution < 1.29 is 14.3 Å². The number of aromatic nitrogens is 5. The van der Waals surface area contributed by atoms with E-state index in [1.165, 1.54) is 0 Å². The molecular formula is C18H22N6O3. The number of aryl methyl sites for hydroxylation is 2. The molecule has 1 saturated heterocycles. The second kappa shape index (κ2) is 6.99. The minimum atomic E-state index is -0.191. The van der Waals surface area contributed by atoms with Crippen LogP contribution in [0.3, 0.4) is 0 Å². The fourth-order valence-electron chi connectivity index (χ4n) is 3.37. The van der Waals surface area contributed by atoms with Crippen LogP contribution in [0.25, 0.3) is 11.0 Å². The molecule has 1 fully saturated rings. The highest BCUT2D eigenvalue weighted by Gasteiger charge is 2.29. The number of pyridine rings is 1. The maximum absolute atomic E-state index is 13.2. The molecule has 3 aromatic rings. The quantitative estimate of drug-likeness (QED) is 0.690. The van der Waals surface area contributed by atoms with Gasteiger partial charge in [0.1, 0.15) is 17.4 Å². The number of amides is 1. The first kappa shape index (κ1) is 17.5. The summed E-state index contributed by atoms with van der Waals surface area (Å²) in [5, 5.41) is 9.22. The zero-order valence-electron chi connectivity index (χ0n) is 15.6. The Balaban J connectivity index is 1.61. The van der Waals surface area contributed by atoms with E-state index in [9.17, 15) is 4.79 Å². The van der Waals surface area contributed by atoms with Crippen molar-refractivity contribution in [3.05, 3.63) is 35.9 Å². The minimum Gasteiger partial charge on any atom is -0.495 e. The molecule has 0 aromatic carbocycles. The Morgan fingerprint density at radius 1 is 1.33 bits per heavy atom. The summed E-state index contributed by atoms with van der Waals surface area (Å²) in [7, 11) is 3.36. The zero-order valence-corrected chi connectivity index (χ0v) is 15.6. The van der Waals surface area contributed by atoms with Crippen LogP contribution in [0.4, 0.5) is 0 Å². The van der Waals surface area contributed by atoms with Crippen molar-refractivity contribution in [2.75, 3.05) is 26.8 Å². The van der Waals surface area contributed by atoms with E-state index in [1.807, 2.05) is 17.8 Å². The lowest BCUT2D eigenvalue weighted by atomic mass is 10.1. The molecule has 27 heavy (non-hydrogen) atoms. The van der Waals surface area contributed by atoms with Crippen LogP contribution in [0.1, 0.15) is 28.9 Å². The van der Waals surface area contributed by atoms with Crippen molar-refractivity contribution in [3.8, 4) is 5.75 Å². The van der Waals surface area contributed by atoms with Crippen LogP contribution in [0.15, 0.2) is 24.8 Å². The highest BCUT2D eigenvalue weighted by molar-refractivity contribution is 6.01. The van der Waals surface area contributed by atoms with E-state index < -0.39 is 0 Å². The Bertz CT molecular complexity index is 979. The molecule has 0 saturated carbocycles. The fraction of sp³-hybridized carbons (Fsp3) is 0.444. The van der Waals surface area contributed by atoms with Crippen LogP contribution in [0.2, 0.25) is 0 Å². The smallest absolute Gasteiger partial charge is 0.259 e. The summed E-state index contributed by atoms with van der Waals surface area (Å²) in [4.78, 5) is 19.3. The Morgan fingerprint density at radius 3 is 2.93 bits per heavy atom. The lowest BCUT2D eigenvalue weighted by Crippen LogP contribution is -2.42. The molecule has 1 unspecified atom stereocenters. The van der Waals surface area contributed by atoms with E-state index in [-0.39, 0.29) is 12.0 Å². The standard InChI is InChI=1S/C18H22N6O3/c1-4-24-10-12(7-21-24)15-11-23(5-6-27-15)18(25)14-8-19-17-13(16(14)26-3)9-20-22(17)2/h7-10,15H,4-6,11H2,1-3H3. The molecule has 1 aliphatic heterocycles. The first-order valence-electron chi connectivity index (χ1n) is 8.90. The molecule has 4 rings (SSSR count). The van der Waals surface area contributed by atoms with Crippen LogP contribution in [0.5, 0.6) is 5.75 Å². The predicted octanol–water partition coefficient (Wildman–Crippen LogP) is 1.41. The van der Waals surface area contributed by atoms with Gasteiger partial charge in [-0.2, -0.15) is 10.2 Å². The van der Waals surface area contributed by atoms with Crippen LogP contribution >= 0.6 is 0 Å². The van der Waals surface area contributed by atoms with Gasteiger partial charge in [-0.15, -0.1) is 0 Å². The highest BCUT2D eigenvalue weighted by Crippen LogP contribution is 2.30. The van der Waals surface area contributed by atoms with Gasteiger partial charge in [-0.3, -0.25) is 14.2 Å². The third kappa shape index (κ3) is 3.03. The SMILES string of the molecule is CCn1cc(C2CN(C(=O)c3cnc4c(cnn4C)c3OC)CCO2)cn1. The van der Waals surface area contributed by atoms with Gasteiger partial charge >= 0.3 is 0 Å². The van der Waals surface area contributed by atoms with Crippen LogP contribution < -0.4 is 4.74 Å². The Morgan fingerprint density at radius 2 is 2.19 bits per heavy atom. The van der Waals surface area contributed by atoms with Gasteiger partial charge in [-0.25, -0.2) is 4.98 Å². The second-order valence-corrected chi connectivity index (χ2v) is 6.45. The van der Waals surface area contributed by atoms with Gasteiger partial charge in [0.05, 0.1) is 38.0 Å². The summed E-state index contributed by atoms with van der Waals surface area (Å²) in [6, 6.07) is 0. The summed E-state index contributed by atoms with van der Waals surface area (Å²) in [6.45, 7) is 4.28. The number of methoxy groups -OCH3 is 1. The molecular weight excluding hydrogens is 348 g/mol. The maximum Gasteiger partial charge on any atom is 0.259 e. The monoisotopic (exact) mass is 370 g/mol. The molecule has 0 N–H and O–H groups in total. The summed E-state index contributed by atoms with van der Waals surface area (Å²) >= 11 is 0. The van der Waals surface area contributed by atoms with Crippen molar-refractivity contribution in [1.82, 2.24) is 29.4 Å². The minimum absolute atomic E-state index is 0.124. The van der Waals surface area contributed by atoms with Gasteiger partial charge in [0.25, 0.3) is 5.91 Å². The van der Waals surface area contributed by atoms with Gasteiger partial charge < -0.3 is 14.4 Å². The Kier molecular flexibility index (Phi) is 4.53. The molecule has 0 radical (unpaired) electrons. The van der Waals surface area contributed by atoms with E-state index in [1.54, 1.807) is 42.3 Å². The number of carbonyl (C=O) groups excluding carboxylic acids is 1. The molecule has 4 heterocycles. The molecule has 9 heteroatoms. The normalized spacial score (nSPS) is 17.4. The lowest BCUT2D eigenvalue weighted by Gasteiger charge is -2.32. The number of rotatable bonds is 4. The number of carbonyl (C=O) groups is 1. The first-order chi connectivity index (χ1) is 13.1. The van der Waals surface area contributed by atoms with Gasteiger partial charge in [0.2, 0.25) is 0 Å². The van der Waals surface area contributed by atoms with E-state index >= 15 is 0 Å². The van der Waals surface area contributed by atoms with Gasteiger partial charge in [0.15, 0.2) is 5.65 Å². The molecule has 1 aliphatic rings. The zero-order chi connectivity index (χ0) is 19.0. The highest BCUT2D eigenvalue weighted by atomic mass is 16.5. The van der Waals surface area contributed by atoms with Gasteiger partial charge in [-0.05, 0) is 6.92 Å². The summed E-state index contributed by atoms with van der Waals surface area (Å²) in [5.41, 5.74) is 2.08. The van der Waals surface area contributed by atoms with Crippen molar-refractivity contribution in [1.29, 1.82) is 0 Å². The van der Waals surface area contributed by atoms with E-state index in [4.69, 9.17) is 9.47 Å². The molecule has 1 atom stereocenters. The predicted molar refractivity (Wildman–Crippen MR) is 97.6 cm³/mol. The topological polar surface area (TPSA) is 87.3 Å². The Hall–Kier alpha value is -2.94. The molecule has 9 nitrogen and oxygen atoms in total.